The van der Waals surface area contributed by atoms with E-state index in [9.17, 15) is 24.3 Å². The third kappa shape index (κ3) is 5.58. The molecule has 0 atom stereocenters. The fourth-order valence-corrected chi connectivity index (χ4v) is 4.16. The van der Waals surface area contributed by atoms with Crippen molar-refractivity contribution in [2.24, 2.45) is 11.8 Å². The summed E-state index contributed by atoms with van der Waals surface area (Å²) in [6.07, 6.45) is 5.18. The van der Waals surface area contributed by atoms with E-state index >= 15 is 0 Å². The predicted molar refractivity (Wildman–Crippen MR) is 111 cm³/mol. The third-order valence-electron chi connectivity index (χ3n) is 5.90. The second-order valence-corrected chi connectivity index (χ2v) is 8.08. The maximum Gasteiger partial charge on any atom is 0.328 e. The first-order chi connectivity index (χ1) is 14.5. The van der Waals surface area contributed by atoms with Crippen LogP contribution in [0.25, 0.3) is 10.9 Å². The zero-order valence-electron chi connectivity index (χ0n) is 17.0. The Balaban J connectivity index is 1.46. The Kier molecular flexibility index (Phi) is 7.43. The van der Waals surface area contributed by atoms with Gasteiger partial charge in [-0.25, -0.2) is 4.79 Å². The number of H-pyrrole nitrogens is 1. The highest BCUT2D eigenvalue weighted by atomic mass is 16.4. The highest BCUT2D eigenvalue weighted by molar-refractivity contribution is 5.78. The van der Waals surface area contributed by atoms with Gasteiger partial charge in [-0.2, -0.15) is 0 Å². The minimum atomic E-state index is -1.04. The van der Waals surface area contributed by atoms with Crippen LogP contribution in [0.1, 0.15) is 51.4 Å². The van der Waals surface area contributed by atoms with Crippen LogP contribution in [-0.2, 0) is 16.1 Å². The molecule has 1 saturated carbocycles. The van der Waals surface area contributed by atoms with Gasteiger partial charge in [0.15, 0.2) is 0 Å². The second kappa shape index (κ2) is 10.2. The van der Waals surface area contributed by atoms with E-state index < -0.39 is 11.7 Å². The molecule has 0 bridgehead atoms. The number of fused-ring (bicyclic) bond motifs is 1. The minimum absolute atomic E-state index is 0.0362. The first-order valence-electron chi connectivity index (χ1n) is 10.6. The van der Waals surface area contributed by atoms with Crippen LogP contribution in [0.15, 0.2) is 33.9 Å². The number of hydrogen-bond donors (Lipinski definition) is 2. The summed E-state index contributed by atoms with van der Waals surface area (Å²) in [5.41, 5.74) is -0.117. The number of nitrogens with zero attached hydrogens (tertiary/aromatic N) is 1. The molecule has 1 heterocycles. The molecule has 0 aliphatic heterocycles. The quantitative estimate of drug-likeness (QED) is 0.591. The van der Waals surface area contributed by atoms with Crippen molar-refractivity contribution in [3.63, 3.8) is 0 Å². The average Bonchev–Trinajstić information content (AvgIpc) is 2.73. The molecule has 1 aromatic carbocycles. The molecule has 2 aromatic rings. The van der Waals surface area contributed by atoms with E-state index in [1.807, 2.05) is 0 Å². The van der Waals surface area contributed by atoms with Crippen molar-refractivity contribution < 1.29 is 14.7 Å². The summed E-state index contributed by atoms with van der Waals surface area (Å²) in [4.78, 5) is 50.5. The molecular weight excluding hydrogens is 386 g/mol. The topological polar surface area (TPSA) is 124 Å². The van der Waals surface area contributed by atoms with Crippen LogP contribution in [0.5, 0.6) is 0 Å². The molecule has 3 rings (SSSR count). The van der Waals surface area contributed by atoms with Gasteiger partial charge in [-0.05, 0) is 63.0 Å². The zero-order chi connectivity index (χ0) is 21.5. The number of aromatic nitrogens is 2. The van der Waals surface area contributed by atoms with E-state index in [1.54, 1.807) is 24.3 Å². The number of carbonyl (C=O) groups excluding carboxylic acids is 2. The van der Waals surface area contributed by atoms with Crippen molar-refractivity contribution in [3.05, 3.63) is 45.1 Å². The molecule has 1 aliphatic rings. The van der Waals surface area contributed by atoms with Crippen LogP contribution in [0.2, 0.25) is 0 Å². The molecular formula is C22H28N3O5-. The molecule has 2 N–H and O–H groups in total. The molecule has 0 unspecified atom stereocenters. The summed E-state index contributed by atoms with van der Waals surface area (Å²) >= 11 is 0. The molecule has 0 spiro atoms. The van der Waals surface area contributed by atoms with Crippen molar-refractivity contribution in [2.45, 2.75) is 57.9 Å². The number of carbonyl (C=O) groups is 2. The Morgan fingerprint density at radius 2 is 1.80 bits per heavy atom. The highest BCUT2D eigenvalue weighted by Crippen LogP contribution is 2.29. The Morgan fingerprint density at radius 3 is 2.53 bits per heavy atom. The number of carboxylic acid groups (broad SMARTS) is 1. The van der Waals surface area contributed by atoms with Crippen molar-refractivity contribution in [1.29, 1.82) is 0 Å². The van der Waals surface area contributed by atoms with Gasteiger partial charge in [-0.15, -0.1) is 0 Å². The van der Waals surface area contributed by atoms with Crippen LogP contribution in [0, 0.1) is 11.8 Å². The number of aromatic amines is 1. The van der Waals surface area contributed by atoms with E-state index in [0.717, 1.165) is 38.5 Å². The Bertz CT molecular complexity index is 1000. The van der Waals surface area contributed by atoms with E-state index in [-0.39, 0.29) is 29.7 Å². The van der Waals surface area contributed by atoms with Crippen LogP contribution in [0.3, 0.4) is 0 Å². The molecule has 8 heteroatoms. The van der Waals surface area contributed by atoms with Gasteiger partial charge < -0.3 is 20.2 Å². The lowest BCUT2D eigenvalue weighted by Crippen LogP contribution is -2.39. The summed E-state index contributed by atoms with van der Waals surface area (Å²) < 4.78 is 1.28. The van der Waals surface area contributed by atoms with Crippen LogP contribution < -0.4 is 21.7 Å². The van der Waals surface area contributed by atoms with Gasteiger partial charge in [0.25, 0.3) is 5.56 Å². The number of unbranched alkanes of at least 4 members (excludes halogenated alkanes) is 2. The SMILES string of the molecule is O=C([O-])CCCCCNC(=O)C1CCC(Cn2c(=O)[nH]c3ccccc3c2=O)CC1. The largest absolute Gasteiger partial charge is 0.550 e. The Morgan fingerprint density at radius 1 is 1.07 bits per heavy atom. The summed E-state index contributed by atoms with van der Waals surface area (Å²) in [6, 6.07) is 6.99. The number of carboxylic acids is 1. The van der Waals surface area contributed by atoms with Gasteiger partial charge in [0.05, 0.1) is 10.9 Å². The minimum Gasteiger partial charge on any atom is -0.550 e. The molecule has 0 radical (unpaired) electrons. The lowest BCUT2D eigenvalue weighted by molar-refractivity contribution is -0.305. The smallest absolute Gasteiger partial charge is 0.328 e. The number of hydrogen-bond acceptors (Lipinski definition) is 5. The second-order valence-electron chi connectivity index (χ2n) is 8.08. The summed E-state index contributed by atoms with van der Waals surface area (Å²) in [6.45, 7) is 0.916. The predicted octanol–water partition coefficient (Wildman–Crippen LogP) is 0.923. The summed E-state index contributed by atoms with van der Waals surface area (Å²) in [5.74, 6) is -0.854. The maximum atomic E-state index is 12.7. The highest BCUT2D eigenvalue weighted by Gasteiger charge is 2.27. The van der Waals surface area contributed by atoms with Gasteiger partial charge >= 0.3 is 5.69 Å². The lowest BCUT2D eigenvalue weighted by Gasteiger charge is -2.28. The van der Waals surface area contributed by atoms with Crippen molar-refractivity contribution >= 4 is 22.8 Å². The van der Waals surface area contributed by atoms with Crippen LogP contribution >= 0.6 is 0 Å². The summed E-state index contributed by atoms with van der Waals surface area (Å²) in [7, 11) is 0. The van der Waals surface area contributed by atoms with Gasteiger partial charge in [0.2, 0.25) is 5.91 Å². The molecule has 162 valence electrons. The van der Waals surface area contributed by atoms with E-state index in [1.165, 1.54) is 4.57 Å². The first kappa shape index (κ1) is 21.8. The molecule has 1 fully saturated rings. The molecule has 30 heavy (non-hydrogen) atoms. The normalized spacial score (nSPS) is 18.9. The number of rotatable bonds is 9. The maximum absolute atomic E-state index is 12.7. The third-order valence-corrected chi connectivity index (χ3v) is 5.90. The number of aliphatic carboxylic acids is 1. The lowest BCUT2D eigenvalue weighted by atomic mass is 9.81. The van der Waals surface area contributed by atoms with Gasteiger partial charge in [0, 0.05) is 25.0 Å². The van der Waals surface area contributed by atoms with E-state index in [4.69, 9.17) is 0 Å². The zero-order valence-corrected chi connectivity index (χ0v) is 17.0. The number of nitrogens with one attached hydrogen (secondary N) is 2. The monoisotopic (exact) mass is 414 g/mol. The first-order valence-corrected chi connectivity index (χ1v) is 10.6. The molecule has 0 saturated heterocycles. The van der Waals surface area contributed by atoms with E-state index in [0.29, 0.717) is 30.4 Å². The van der Waals surface area contributed by atoms with Crippen LogP contribution in [-0.4, -0.2) is 28.0 Å². The van der Waals surface area contributed by atoms with Crippen molar-refractivity contribution in [2.75, 3.05) is 6.54 Å². The number of benzene rings is 1. The van der Waals surface area contributed by atoms with Gasteiger partial charge in [0.1, 0.15) is 0 Å². The van der Waals surface area contributed by atoms with Crippen molar-refractivity contribution in [1.82, 2.24) is 14.9 Å². The van der Waals surface area contributed by atoms with Crippen LogP contribution in [0.4, 0.5) is 0 Å². The molecule has 1 amide bonds. The van der Waals surface area contributed by atoms with E-state index in [2.05, 4.69) is 10.3 Å². The summed E-state index contributed by atoms with van der Waals surface area (Å²) in [5, 5.41) is 13.8. The molecule has 8 nitrogen and oxygen atoms in total. The van der Waals surface area contributed by atoms with Gasteiger partial charge in [-0.3, -0.25) is 14.2 Å². The average molecular weight is 414 g/mol. The Labute approximate surface area is 174 Å². The number of para-hydroxylation sites is 1. The fraction of sp³-hybridized carbons (Fsp3) is 0.545. The number of amides is 1. The van der Waals surface area contributed by atoms with Gasteiger partial charge in [-0.1, -0.05) is 18.6 Å². The standard InChI is InChI=1S/C22H29N3O5/c26-19(27)8-2-1-5-13-23-20(28)16-11-9-15(10-12-16)14-25-21(29)17-6-3-4-7-18(17)24-22(25)30/h3-4,6-7,15-16H,1-2,5,8-14H2,(H,23,28)(H,24,30)(H,26,27)/p-1. The molecule has 1 aromatic heterocycles. The fourth-order valence-electron chi connectivity index (χ4n) is 4.16. The molecule has 1 aliphatic carbocycles. The van der Waals surface area contributed by atoms with Crippen molar-refractivity contribution in [3.8, 4) is 0 Å². The Hall–Kier alpha value is -2.90.